The second-order valence-corrected chi connectivity index (χ2v) is 6.66. The first kappa shape index (κ1) is 18.3. The molecule has 1 saturated heterocycles. The van der Waals surface area contributed by atoms with Crippen LogP contribution in [0.2, 0.25) is 5.15 Å². The van der Waals surface area contributed by atoms with Crippen molar-refractivity contribution < 1.29 is 9.53 Å². The van der Waals surface area contributed by atoms with Gasteiger partial charge in [-0.2, -0.15) is 0 Å². The Kier molecular flexibility index (Phi) is 5.22. The minimum absolute atomic E-state index is 0.194. The summed E-state index contributed by atoms with van der Waals surface area (Å²) < 4.78 is 4.65. The fourth-order valence-corrected chi connectivity index (χ4v) is 3.21. The number of anilines is 2. The van der Waals surface area contributed by atoms with Crippen LogP contribution in [0.15, 0.2) is 12.4 Å². The molecule has 0 aromatic carbocycles. The maximum Gasteiger partial charge on any atom is 0.358 e. The maximum absolute atomic E-state index is 11.5. The van der Waals surface area contributed by atoms with Gasteiger partial charge in [-0.1, -0.05) is 11.6 Å². The molecule has 3 rings (SSSR count). The lowest BCUT2D eigenvalue weighted by Gasteiger charge is -2.41. The highest BCUT2D eigenvalue weighted by molar-refractivity contribution is 6.30. The molecule has 3 heterocycles. The van der Waals surface area contributed by atoms with E-state index >= 15 is 0 Å². The van der Waals surface area contributed by atoms with E-state index in [1.54, 1.807) is 6.20 Å². The van der Waals surface area contributed by atoms with Crippen LogP contribution in [0.3, 0.4) is 0 Å². The van der Waals surface area contributed by atoms with Crippen molar-refractivity contribution in [2.24, 2.45) is 0 Å². The number of carbonyl (C=O) groups is 1. The van der Waals surface area contributed by atoms with E-state index in [1.165, 1.54) is 13.3 Å². The van der Waals surface area contributed by atoms with E-state index in [1.807, 2.05) is 13.8 Å². The van der Waals surface area contributed by atoms with Crippen molar-refractivity contribution in [3.63, 3.8) is 0 Å². The minimum atomic E-state index is -0.492. The Balaban J connectivity index is 1.75. The number of rotatable bonds is 3. The largest absolute Gasteiger partial charge is 0.464 e. The SMILES string of the molecule is COC(=O)c1cnc(N2CCN(c3nnc(Cl)c(C)c3C)CC2C)cn1. The number of carbonyl (C=O) groups excluding carboxylic acids is 1. The topological polar surface area (TPSA) is 84.3 Å². The molecule has 0 aliphatic carbocycles. The quantitative estimate of drug-likeness (QED) is 0.752. The number of aromatic nitrogens is 4. The molecule has 0 amide bonds. The minimum Gasteiger partial charge on any atom is -0.464 e. The Bertz CT molecular complexity index is 814. The van der Waals surface area contributed by atoms with Crippen LogP contribution >= 0.6 is 11.6 Å². The number of halogens is 1. The van der Waals surface area contributed by atoms with E-state index in [0.717, 1.165) is 42.4 Å². The average molecular weight is 377 g/mol. The third kappa shape index (κ3) is 3.41. The van der Waals surface area contributed by atoms with Gasteiger partial charge in [0.2, 0.25) is 0 Å². The highest BCUT2D eigenvalue weighted by Crippen LogP contribution is 2.26. The summed E-state index contributed by atoms with van der Waals surface area (Å²) in [5, 5.41) is 8.77. The standard InChI is InChI=1S/C17H21ClN6O2/c1-10-9-23(16-12(3)11(2)15(18)21-22-16)5-6-24(10)14-8-19-13(7-20-14)17(25)26-4/h7-8,10H,5-6,9H2,1-4H3. The van der Waals surface area contributed by atoms with Crippen LogP contribution in [-0.4, -0.2) is 58.9 Å². The molecule has 26 heavy (non-hydrogen) atoms. The van der Waals surface area contributed by atoms with Gasteiger partial charge in [-0.15, -0.1) is 10.2 Å². The molecule has 0 spiro atoms. The molecule has 1 fully saturated rings. The van der Waals surface area contributed by atoms with Crippen LogP contribution in [0.1, 0.15) is 28.5 Å². The lowest BCUT2D eigenvalue weighted by molar-refractivity contribution is 0.0593. The van der Waals surface area contributed by atoms with Gasteiger partial charge >= 0.3 is 5.97 Å². The molecular formula is C17H21ClN6O2. The van der Waals surface area contributed by atoms with Crippen LogP contribution in [0.5, 0.6) is 0 Å². The molecule has 1 aliphatic heterocycles. The Hall–Kier alpha value is -2.48. The summed E-state index contributed by atoms with van der Waals surface area (Å²) in [5.41, 5.74) is 2.20. The van der Waals surface area contributed by atoms with Gasteiger partial charge in [0.25, 0.3) is 0 Å². The number of ether oxygens (including phenoxy) is 1. The number of piperazine rings is 1. The smallest absolute Gasteiger partial charge is 0.358 e. The highest BCUT2D eigenvalue weighted by atomic mass is 35.5. The molecule has 1 unspecified atom stereocenters. The first-order valence-electron chi connectivity index (χ1n) is 8.33. The van der Waals surface area contributed by atoms with Crippen LogP contribution in [0.4, 0.5) is 11.6 Å². The Morgan fingerprint density at radius 2 is 1.96 bits per heavy atom. The van der Waals surface area contributed by atoms with Crippen LogP contribution in [0.25, 0.3) is 0 Å². The van der Waals surface area contributed by atoms with Gasteiger partial charge < -0.3 is 14.5 Å². The lowest BCUT2D eigenvalue weighted by atomic mass is 10.1. The molecular weight excluding hydrogens is 356 g/mol. The fourth-order valence-electron chi connectivity index (χ4n) is 3.03. The molecule has 0 radical (unpaired) electrons. The predicted octanol–water partition coefficient (Wildman–Crippen LogP) is 2.04. The van der Waals surface area contributed by atoms with Gasteiger partial charge in [0.1, 0.15) is 5.82 Å². The average Bonchev–Trinajstić information content (AvgIpc) is 2.66. The third-order valence-electron chi connectivity index (χ3n) is 4.69. The van der Waals surface area contributed by atoms with Crippen molar-refractivity contribution in [3.8, 4) is 0 Å². The normalized spacial score (nSPS) is 17.3. The summed E-state index contributed by atoms with van der Waals surface area (Å²) >= 11 is 6.05. The Morgan fingerprint density at radius 1 is 1.19 bits per heavy atom. The summed E-state index contributed by atoms with van der Waals surface area (Å²) in [4.78, 5) is 24.4. The third-order valence-corrected chi connectivity index (χ3v) is 5.05. The summed E-state index contributed by atoms with van der Waals surface area (Å²) in [5.74, 6) is 1.11. The zero-order valence-electron chi connectivity index (χ0n) is 15.2. The molecule has 0 saturated carbocycles. The van der Waals surface area contributed by atoms with E-state index < -0.39 is 5.97 Å². The molecule has 1 aliphatic rings. The molecule has 2 aromatic heterocycles. The predicted molar refractivity (Wildman–Crippen MR) is 98.9 cm³/mol. The van der Waals surface area contributed by atoms with Gasteiger partial charge in [-0.25, -0.2) is 14.8 Å². The van der Waals surface area contributed by atoms with Crippen LogP contribution in [0, 0.1) is 13.8 Å². The Labute approximate surface area is 157 Å². The fraction of sp³-hybridized carbons (Fsp3) is 0.471. The van der Waals surface area contributed by atoms with Crippen LogP contribution < -0.4 is 9.80 Å². The number of methoxy groups -OCH3 is 1. The lowest BCUT2D eigenvalue weighted by Crippen LogP contribution is -2.53. The zero-order valence-corrected chi connectivity index (χ0v) is 16.0. The van der Waals surface area contributed by atoms with E-state index in [-0.39, 0.29) is 11.7 Å². The molecule has 9 heteroatoms. The van der Waals surface area contributed by atoms with Crippen molar-refractivity contribution in [1.82, 2.24) is 20.2 Å². The first-order valence-corrected chi connectivity index (χ1v) is 8.71. The van der Waals surface area contributed by atoms with E-state index in [4.69, 9.17) is 11.6 Å². The van der Waals surface area contributed by atoms with Gasteiger partial charge in [-0.05, 0) is 31.9 Å². The van der Waals surface area contributed by atoms with Gasteiger partial charge in [0.15, 0.2) is 16.7 Å². The van der Waals surface area contributed by atoms with Gasteiger partial charge in [0.05, 0.1) is 19.5 Å². The maximum atomic E-state index is 11.5. The number of nitrogens with zero attached hydrogens (tertiary/aromatic N) is 6. The van der Waals surface area contributed by atoms with Crippen molar-refractivity contribution >= 4 is 29.2 Å². The summed E-state index contributed by atoms with van der Waals surface area (Å²) in [7, 11) is 1.32. The molecule has 8 nitrogen and oxygen atoms in total. The van der Waals surface area contributed by atoms with Crippen molar-refractivity contribution in [2.45, 2.75) is 26.8 Å². The monoisotopic (exact) mass is 376 g/mol. The van der Waals surface area contributed by atoms with Crippen molar-refractivity contribution in [2.75, 3.05) is 36.5 Å². The first-order chi connectivity index (χ1) is 12.4. The van der Waals surface area contributed by atoms with Crippen LogP contribution in [-0.2, 0) is 4.74 Å². The second-order valence-electron chi connectivity index (χ2n) is 6.30. The van der Waals surface area contributed by atoms with Gasteiger partial charge in [0, 0.05) is 25.7 Å². The molecule has 2 aromatic rings. The number of hydrogen-bond donors (Lipinski definition) is 0. The molecule has 1 atom stereocenters. The van der Waals surface area contributed by atoms with Crippen molar-refractivity contribution in [1.29, 1.82) is 0 Å². The van der Waals surface area contributed by atoms with Gasteiger partial charge in [-0.3, -0.25) is 0 Å². The molecule has 0 N–H and O–H groups in total. The second kappa shape index (κ2) is 7.41. The number of hydrogen-bond acceptors (Lipinski definition) is 8. The van der Waals surface area contributed by atoms with E-state index in [0.29, 0.717) is 5.15 Å². The van der Waals surface area contributed by atoms with E-state index in [2.05, 4.69) is 41.6 Å². The highest BCUT2D eigenvalue weighted by Gasteiger charge is 2.27. The summed E-state index contributed by atoms with van der Waals surface area (Å²) in [6.45, 7) is 8.40. The van der Waals surface area contributed by atoms with Crippen molar-refractivity contribution in [3.05, 3.63) is 34.4 Å². The van der Waals surface area contributed by atoms with E-state index in [9.17, 15) is 4.79 Å². The Morgan fingerprint density at radius 3 is 2.58 bits per heavy atom. The zero-order chi connectivity index (χ0) is 18.8. The number of esters is 1. The molecule has 0 bridgehead atoms. The summed E-state index contributed by atoms with van der Waals surface area (Å²) in [6.07, 6.45) is 3.05. The summed E-state index contributed by atoms with van der Waals surface area (Å²) in [6, 6.07) is 0.194. The molecule has 138 valence electrons.